The monoisotopic (exact) mass is 331 g/mol. The van der Waals surface area contributed by atoms with E-state index in [-0.39, 0.29) is 12.4 Å². The highest BCUT2D eigenvalue weighted by Crippen LogP contribution is 2.25. The van der Waals surface area contributed by atoms with Gasteiger partial charge in [-0.15, -0.1) is 11.3 Å². The minimum atomic E-state index is 0.210. The molecule has 18 heavy (non-hydrogen) atoms. The van der Waals surface area contributed by atoms with E-state index >= 15 is 0 Å². The van der Waals surface area contributed by atoms with E-state index in [0.717, 1.165) is 40.9 Å². The normalized spacial score (nSPS) is 20.4. The van der Waals surface area contributed by atoms with Crippen LogP contribution in [-0.2, 0) is 0 Å². The zero-order valence-electron chi connectivity index (χ0n) is 10.3. The van der Waals surface area contributed by atoms with Crippen molar-refractivity contribution in [3.8, 4) is 0 Å². The lowest BCUT2D eigenvalue weighted by Crippen LogP contribution is -2.34. The first-order valence-corrected chi connectivity index (χ1v) is 7.95. The van der Waals surface area contributed by atoms with E-state index in [1.807, 2.05) is 12.1 Å². The molecule has 1 fully saturated rings. The van der Waals surface area contributed by atoms with Crippen molar-refractivity contribution in [1.82, 2.24) is 4.90 Å². The number of ketones is 1. The Labute approximate surface area is 120 Å². The van der Waals surface area contributed by atoms with Crippen LogP contribution in [0.3, 0.4) is 0 Å². The molecule has 2 rings (SSSR count). The zero-order valence-corrected chi connectivity index (χ0v) is 12.7. The molecule has 1 atom stereocenters. The second-order valence-electron chi connectivity index (χ2n) is 4.66. The number of thiophene rings is 1. The number of carbonyl (C=O) groups excluding carboxylic acids is 1. The molecule has 0 bridgehead atoms. The Morgan fingerprint density at radius 2 is 2.39 bits per heavy atom. The van der Waals surface area contributed by atoms with Gasteiger partial charge in [-0.25, -0.2) is 0 Å². The van der Waals surface area contributed by atoms with Crippen LogP contribution in [0.15, 0.2) is 15.9 Å². The summed E-state index contributed by atoms with van der Waals surface area (Å²) in [5.74, 6) is 0.210. The summed E-state index contributed by atoms with van der Waals surface area (Å²) >= 11 is 4.88. The topological polar surface area (TPSA) is 40.5 Å². The molecule has 1 aliphatic heterocycles. The second-order valence-corrected chi connectivity index (χ2v) is 7.12. The molecular formula is C13H18BrNO2S. The number of aliphatic hydroxyl groups is 1. The van der Waals surface area contributed by atoms with Crippen LogP contribution in [0.25, 0.3) is 0 Å². The molecule has 0 aromatic carbocycles. The third kappa shape index (κ3) is 3.63. The Morgan fingerprint density at radius 1 is 1.56 bits per heavy atom. The summed E-state index contributed by atoms with van der Waals surface area (Å²) in [6.45, 7) is 1.77. The first-order chi connectivity index (χ1) is 8.70. The van der Waals surface area contributed by atoms with Crippen molar-refractivity contribution in [2.24, 2.45) is 0 Å². The fourth-order valence-electron chi connectivity index (χ4n) is 2.48. The summed E-state index contributed by atoms with van der Waals surface area (Å²) in [5, 5.41) is 8.89. The van der Waals surface area contributed by atoms with Gasteiger partial charge in [0.25, 0.3) is 0 Å². The van der Waals surface area contributed by atoms with Gasteiger partial charge in [0.05, 0.1) is 15.2 Å². The van der Waals surface area contributed by atoms with Crippen LogP contribution >= 0.6 is 27.3 Å². The van der Waals surface area contributed by atoms with Gasteiger partial charge in [0.2, 0.25) is 0 Å². The van der Waals surface area contributed by atoms with Gasteiger partial charge in [0.15, 0.2) is 5.78 Å². The molecule has 2 heterocycles. The maximum atomic E-state index is 12.1. The summed E-state index contributed by atoms with van der Waals surface area (Å²) in [7, 11) is 0. The number of carbonyl (C=O) groups is 1. The van der Waals surface area contributed by atoms with Crippen molar-refractivity contribution in [3.63, 3.8) is 0 Å². The fourth-order valence-corrected chi connectivity index (χ4v) is 3.80. The molecule has 1 saturated heterocycles. The SMILES string of the molecule is O=C(CN1CCCC1CCCO)c1ccc(Br)s1. The van der Waals surface area contributed by atoms with Crippen LogP contribution in [0.4, 0.5) is 0 Å². The van der Waals surface area contributed by atoms with Crippen molar-refractivity contribution in [1.29, 1.82) is 0 Å². The minimum absolute atomic E-state index is 0.210. The van der Waals surface area contributed by atoms with Gasteiger partial charge in [0.1, 0.15) is 0 Å². The highest BCUT2D eigenvalue weighted by molar-refractivity contribution is 9.11. The van der Waals surface area contributed by atoms with Gasteiger partial charge in [-0.2, -0.15) is 0 Å². The highest BCUT2D eigenvalue weighted by atomic mass is 79.9. The van der Waals surface area contributed by atoms with E-state index in [4.69, 9.17) is 5.11 Å². The average Bonchev–Trinajstić information content (AvgIpc) is 2.96. The largest absolute Gasteiger partial charge is 0.396 e. The molecule has 3 nitrogen and oxygen atoms in total. The number of halogens is 1. The third-order valence-electron chi connectivity index (χ3n) is 3.39. The first-order valence-electron chi connectivity index (χ1n) is 6.34. The lowest BCUT2D eigenvalue weighted by atomic mass is 10.1. The van der Waals surface area contributed by atoms with E-state index < -0.39 is 0 Å². The number of hydrogen-bond donors (Lipinski definition) is 1. The standard InChI is InChI=1S/C13H18BrNO2S/c14-13-6-5-12(18-13)11(17)9-15-7-1-3-10(15)4-2-8-16/h5-6,10,16H,1-4,7-9H2. The lowest BCUT2D eigenvalue weighted by Gasteiger charge is -2.23. The molecule has 1 aromatic heterocycles. The summed E-state index contributed by atoms with van der Waals surface area (Å²) in [5.41, 5.74) is 0. The van der Waals surface area contributed by atoms with E-state index in [1.165, 1.54) is 11.3 Å². The van der Waals surface area contributed by atoms with Gasteiger partial charge in [-0.05, 0) is 60.3 Å². The highest BCUT2D eigenvalue weighted by Gasteiger charge is 2.26. The predicted molar refractivity (Wildman–Crippen MR) is 77.3 cm³/mol. The first kappa shape index (κ1) is 14.2. The Bertz CT molecular complexity index is 407. The van der Waals surface area contributed by atoms with Gasteiger partial charge in [-0.3, -0.25) is 9.69 Å². The Morgan fingerprint density at radius 3 is 3.06 bits per heavy atom. The number of hydrogen-bond acceptors (Lipinski definition) is 4. The van der Waals surface area contributed by atoms with Gasteiger partial charge >= 0.3 is 0 Å². The van der Waals surface area contributed by atoms with Gasteiger partial charge < -0.3 is 5.11 Å². The van der Waals surface area contributed by atoms with Gasteiger partial charge in [-0.1, -0.05) is 0 Å². The molecule has 1 aliphatic rings. The molecule has 0 radical (unpaired) electrons. The molecule has 0 spiro atoms. The third-order valence-corrected chi connectivity index (χ3v) is 5.05. The molecule has 100 valence electrons. The number of nitrogens with zero attached hydrogens (tertiary/aromatic N) is 1. The molecule has 1 unspecified atom stereocenters. The number of Topliss-reactive ketones (excluding diaryl/α,β-unsaturated/α-hetero) is 1. The molecule has 5 heteroatoms. The quantitative estimate of drug-likeness (QED) is 0.815. The Kier molecular flexibility index (Phi) is 5.36. The summed E-state index contributed by atoms with van der Waals surface area (Å²) < 4.78 is 1.00. The Hall–Kier alpha value is -0.230. The van der Waals surface area contributed by atoms with Crippen LogP contribution in [0.1, 0.15) is 35.4 Å². The summed E-state index contributed by atoms with van der Waals surface area (Å²) in [6, 6.07) is 4.28. The number of aliphatic hydroxyl groups excluding tert-OH is 1. The van der Waals surface area contributed by atoms with Crippen molar-refractivity contribution < 1.29 is 9.90 Å². The Balaban J connectivity index is 1.90. The maximum Gasteiger partial charge on any atom is 0.186 e. The number of likely N-dealkylation sites (tertiary alicyclic amines) is 1. The van der Waals surface area contributed by atoms with E-state index in [9.17, 15) is 4.79 Å². The molecule has 0 amide bonds. The minimum Gasteiger partial charge on any atom is -0.396 e. The molecule has 1 aromatic rings. The van der Waals surface area contributed by atoms with Crippen LogP contribution in [0, 0.1) is 0 Å². The molecular weight excluding hydrogens is 314 g/mol. The van der Waals surface area contributed by atoms with Crippen LogP contribution in [0.5, 0.6) is 0 Å². The van der Waals surface area contributed by atoms with E-state index in [0.29, 0.717) is 12.6 Å². The van der Waals surface area contributed by atoms with Crippen molar-refractivity contribution >= 4 is 33.0 Å². The average molecular weight is 332 g/mol. The molecule has 1 N–H and O–H groups in total. The van der Waals surface area contributed by atoms with E-state index in [2.05, 4.69) is 20.8 Å². The van der Waals surface area contributed by atoms with Crippen LogP contribution in [0.2, 0.25) is 0 Å². The smallest absolute Gasteiger partial charge is 0.186 e. The van der Waals surface area contributed by atoms with E-state index in [1.54, 1.807) is 0 Å². The fraction of sp³-hybridized carbons (Fsp3) is 0.615. The number of rotatable bonds is 6. The summed E-state index contributed by atoms with van der Waals surface area (Å²) in [6.07, 6.45) is 4.15. The van der Waals surface area contributed by atoms with Crippen LogP contribution < -0.4 is 0 Å². The van der Waals surface area contributed by atoms with Crippen molar-refractivity contribution in [2.75, 3.05) is 19.7 Å². The summed E-state index contributed by atoms with van der Waals surface area (Å²) in [4.78, 5) is 15.2. The second kappa shape index (κ2) is 6.80. The van der Waals surface area contributed by atoms with Crippen LogP contribution in [-0.4, -0.2) is 41.5 Å². The lowest BCUT2D eigenvalue weighted by molar-refractivity contribution is 0.0920. The molecule has 0 saturated carbocycles. The molecule has 0 aliphatic carbocycles. The van der Waals surface area contributed by atoms with Gasteiger partial charge in [0, 0.05) is 12.6 Å². The maximum absolute atomic E-state index is 12.1. The predicted octanol–water partition coefficient (Wildman–Crippen LogP) is 2.93. The zero-order chi connectivity index (χ0) is 13.0. The van der Waals surface area contributed by atoms with Crippen molar-refractivity contribution in [2.45, 2.75) is 31.7 Å². The van der Waals surface area contributed by atoms with Crippen molar-refractivity contribution in [3.05, 3.63) is 20.8 Å².